The van der Waals surface area contributed by atoms with Crippen LogP contribution in [0, 0.1) is 0 Å². The zero-order valence-corrected chi connectivity index (χ0v) is 14.9. The van der Waals surface area contributed by atoms with Crippen molar-refractivity contribution in [1.82, 2.24) is 14.8 Å². The van der Waals surface area contributed by atoms with E-state index in [0.29, 0.717) is 10.2 Å². The second kappa shape index (κ2) is 6.30. The molecule has 2 heterocycles. The number of nitrogens with zero attached hydrogens (tertiary/aromatic N) is 3. The third kappa shape index (κ3) is 3.34. The van der Waals surface area contributed by atoms with E-state index in [-0.39, 0.29) is 21.6 Å². The van der Waals surface area contributed by atoms with Crippen LogP contribution in [0.1, 0.15) is 5.69 Å². The van der Waals surface area contributed by atoms with Gasteiger partial charge < -0.3 is 5.32 Å². The number of alkyl halides is 3. The van der Waals surface area contributed by atoms with Crippen LogP contribution in [0.5, 0.6) is 0 Å². The Hall–Kier alpha value is -2.13. The first-order valence-electron chi connectivity index (χ1n) is 6.84. The minimum Gasteiger partial charge on any atom is -0.338 e. The van der Waals surface area contributed by atoms with Crippen LogP contribution in [0.2, 0.25) is 5.02 Å². The Morgan fingerprint density at radius 3 is 2.72 bits per heavy atom. The maximum absolute atomic E-state index is 13.1. The number of aryl methyl sites for hydroxylation is 1. The average molecular weight is 434 g/mol. The maximum Gasteiger partial charge on any atom is 0.433 e. The molecule has 25 heavy (non-hydrogen) atoms. The Bertz CT molecular complexity index is 1040. The summed E-state index contributed by atoms with van der Waals surface area (Å²) >= 11 is 9.37. The zero-order chi connectivity index (χ0) is 18.4. The van der Waals surface area contributed by atoms with Gasteiger partial charge in [0.15, 0.2) is 0 Å². The predicted octanol–water partition coefficient (Wildman–Crippen LogP) is 4.51. The third-order valence-electron chi connectivity index (χ3n) is 3.42. The lowest BCUT2D eigenvalue weighted by molar-refractivity contribution is -0.140. The van der Waals surface area contributed by atoms with E-state index in [1.54, 1.807) is 18.2 Å². The quantitative estimate of drug-likeness (QED) is 0.646. The standard InChI is InChI=1S/C15H9BrClF3N4O/c1-24-14(25)11-7(6-21-24)5-10(15(18,19)20)23-13(11)22-9-4-2-3-8(16)12(9)17/h2-6H,1H3,(H,22,23). The van der Waals surface area contributed by atoms with E-state index in [0.717, 1.165) is 10.7 Å². The van der Waals surface area contributed by atoms with Crippen LogP contribution in [0.3, 0.4) is 0 Å². The van der Waals surface area contributed by atoms with E-state index in [1.807, 2.05) is 0 Å². The molecule has 0 saturated heterocycles. The molecule has 0 amide bonds. The van der Waals surface area contributed by atoms with Gasteiger partial charge in [-0.1, -0.05) is 17.7 Å². The van der Waals surface area contributed by atoms with Crippen molar-refractivity contribution in [2.75, 3.05) is 5.32 Å². The van der Waals surface area contributed by atoms with Crippen LogP contribution in [0.15, 0.2) is 39.7 Å². The van der Waals surface area contributed by atoms with Gasteiger partial charge >= 0.3 is 6.18 Å². The van der Waals surface area contributed by atoms with E-state index < -0.39 is 17.4 Å². The molecule has 0 aliphatic carbocycles. The summed E-state index contributed by atoms with van der Waals surface area (Å²) in [4.78, 5) is 15.9. The molecule has 3 rings (SSSR count). The number of fused-ring (bicyclic) bond motifs is 1. The second-order valence-corrected chi connectivity index (χ2v) is 6.35. The molecule has 5 nitrogen and oxygen atoms in total. The molecule has 0 unspecified atom stereocenters. The van der Waals surface area contributed by atoms with E-state index in [4.69, 9.17) is 11.6 Å². The maximum atomic E-state index is 13.1. The minimum atomic E-state index is -4.67. The number of anilines is 2. The summed E-state index contributed by atoms with van der Waals surface area (Å²) in [6.07, 6.45) is -3.49. The van der Waals surface area contributed by atoms with Crippen LogP contribution < -0.4 is 10.9 Å². The molecular weight excluding hydrogens is 425 g/mol. The van der Waals surface area contributed by atoms with Gasteiger partial charge in [-0.05, 0) is 34.1 Å². The molecule has 1 aromatic carbocycles. The lowest BCUT2D eigenvalue weighted by Crippen LogP contribution is -2.21. The molecule has 0 atom stereocenters. The molecule has 1 N–H and O–H groups in total. The fraction of sp³-hybridized carbons (Fsp3) is 0.133. The number of halogens is 5. The largest absolute Gasteiger partial charge is 0.433 e. The summed E-state index contributed by atoms with van der Waals surface area (Å²) < 4.78 is 41.0. The number of aromatic nitrogens is 3. The lowest BCUT2D eigenvalue weighted by atomic mass is 10.2. The Morgan fingerprint density at radius 2 is 2.04 bits per heavy atom. The van der Waals surface area contributed by atoms with Crippen molar-refractivity contribution < 1.29 is 13.2 Å². The van der Waals surface area contributed by atoms with E-state index >= 15 is 0 Å². The number of benzene rings is 1. The molecule has 0 fully saturated rings. The Morgan fingerprint density at radius 1 is 1.32 bits per heavy atom. The minimum absolute atomic E-state index is 0.0125. The molecular formula is C15H9BrClF3N4O. The Balaban J connectivity index is 2.29. The van der Waals surface area contributed by atoms with Crippen molar-refractivity contribution in [3.05, 3.63) is 56.0 Å². The number of rotatable bonds is 2. The fourth-order valence-electron chi connectivity index (χ4n) is 2.22. The predicted molar refractivity (Wildman–Crippen MR) is 92.2 cm³/mol. The third-order valence-corrected chi connectivity index (χ3v) is 4.72. The van der Waals surface area contributed by atoms with Crippen LogP contribution in [0.25, 0.3) is 10.8 Å². The van der Waals surface area contributed by atoms with Gasteiger partial charge in [-0.3, -0.25) is 4.79 Å². The van der Waals surface area contributed by atoms with Crippen LogP contribution in [0.4, 0.5) is 24.7 Å². The number of pyridine rings is 1. The van der Waals surface area contributed by atoms with Crippen molar-refractivity contribution in [1.29, 1.82) is 0 Å². The van der Waals surface area contributed by atoms with Crippen molar-refractivity contribution in [2.24, 2.45) is 7.05 Å². The van der Waals surface area contributed by atoms with Gasteiger partial charge in [-0.25, -0.2) is 9.67 Å². The zero-order valence-electron chi connectivity index (χ0n) is 12.5. The highest BCUT2D eigenvalue weighted by molar-refractivity contribution is 9.10. The van der Waals surface area contributed by atoms with Gasteiger partial charge in [-0.15, -0.1) is 0 Å². The summed E-state index contributed by atoms with van der Waals surface area (Å²) in [7, 11) is 1.40. The van der Waals surface area contributed by atoms with Gasteiger partial charge in [-0.2, -0.15) is 18.3 Å². The molecule has 10 heteroatoms. The van der Waals surface area contributed by atoms with Crippen molar-refractivity contribution in [3.63, 3.8) is 0 Å². The van der Waals surface area contributed by atoms with Crippen LogP contribution in [-0.4, -0.2) is 14.8 Å². The van der Waals surface area contributed by atoms with Gasteiger partial charge in [0.2, 0.25) is 0 Å². The summed E-state index contributed by atoms with van der Waals surface area (Å²) in [5, 5.41) is 6.75. The highest BCUT2D eigenvalue weighted by atomic mass is 79.9. The normalized spacial score (nSPS) is 11.8. The molecule has 3 aromatic rings. The first-order chi connectivity index (χ1) is 11.7. The Kier molecular flexibility index (Phi) is 4.46. The average Bonchev–Trinajstić information content (AvgIpc) is 2.54. The SMILES string of the molecule is Cn1ncc2cc(C(F)(F)F)nc(Nc3cccc(Br)c3Cl)c2c1=O. The first-order valence-corrected chi connectivity index (χ1v) is 8.01. The monoisotopic (exact) mass is 432 g/mol. The van der Waals surface area contributed by atoms with Crippen LogP contribution >= 0.6 is 27.5 Å². The summed E-state index contributed by atoms with van der Waals surface area (Å²) in [6.45, 7) is 0. The highest BCUT2D eigenvalue weighted by Crippen LogP contribution is 2.35. The van der Waals surface area contributed by atoms with Gasteiger partial charge in [0.25, 0.3) is 5.56 Å². The summed E-state index contributed by atoms with van der Waals surface area (Å²) in [6, 6.07) is 5.67. The van der Waals surface area contributed by atoms with Crippen LogP contribution in [-0.2, 0) is 13.2 Å². The molecule has 0 bridgehead atoms. The summed E-state index contributed by atoms with van der Waals surface area (Å²) in [5.41, 5.74) is -1.40. The summed E-state index contributed by atoms with van der Waals surface area (Å²) in [5.74, 6) is -0.243. The van der Waals surface area contributed by atoms with Gasteiger partial charge in [0.1, 0.15) is 11.5 Å². The van der Waals surface area contributed by atoms with E-state index in [9.17, 15) is 18.0 Å². The van der Waals surface area contributed by atoms with Crippen molar-refractivity contribution in [2.45, 2.75) is 6.18 Å². The fourth-order valence-corrected chi connectivity index (χ4v) is 2.76. The molecule has 0 radical (unpaired) electrons. The molecule has 0 aliphatic heterocycles. The lowest BCUT2D eigenvalue weighted by Gasteiger charge is -2.14. The number of hydrogen-bond donors (Lipinski definition) is 1. The highest BCUT2D eigenvalue weighted by Gasteiger charge is 2.34. The van der Waals surface area contributed by atoms with Gasteiger partial charge in [0, 0.05) is 16.9 Å². The second-order valence-electron chi connectivity index (χ2n) is 5.12. The molecule has 0 aliphatic rings. The van der Waals surface area contributed by atoms with Crippen molar-refractivity contribution in [3.8, 4) is 0 Å². The van der Waals surface area contributed by atoms with Gasteiger partial charge in [0.05, 0.1) is 22.3 Å². The van der Waals surface area contributed by atoms with Crippen molar-refractivity contribution >= 4 is 49.8 Å². The Labute approximate surface area is 152 Å². The first kappa shape index (κ1) is 17.7. The number of nitrogens with one attached hydrogen (secondary N) is 1. The topological polar surface area (TPSA) is 59.8 Å². The van der Waals surface area contributed by atoms with E-state index in [2.05, 4.69) is 31.3 Å². The smallest absolute Gasteiger partial charge is 0.338 e. The molecule has 0 saturated carbocycles. The number of hydrogen-bond acceptors (Lipinski definition) is 4. The molecule has 2 aromatic heterocycles. The van der Waals surface area contributed by atoms with E-state index in [1.165, 1.54) is 13.2 Å². The molecule has 0 spiro atoms. The molecule has 130 valence electrons.